The molecule has 0 unspecified atom stereocenters. The second-order valence-corrected chi connectivity index (χ2v) is 8.45. The van der Waals surface area contributed by atoms with E-state index >= 15 is 0 Å². The largest absolute Gasteiger partial charge is 0.458 e. The van der Waals surface area contributed by atoms with Gasteiger partial charge in [-0.2, -0.15) is 0 Å². The zero-order valence-corrected chi connectivity index (χ0v) is 18.9. The lowest BCUT2D eigenvalue weighted by atomic mass is 10.0. The molecule has 166 valence electrons. The summed E-state index contributed by atoms with van der Waals surface area (Å²) < 4.78 is 5.16. The summed E-state index contributed by atoms with van der Waals surface area (Å²) in [6, 6.07) is 11.8. The van der Waals surface area contributed by atoms with Crippen LogP contribution in [0.3, 0.4) is 0 Å². The zero-order valence-electron chi connectivity index (χ0n) is 17.3. The van der Waals surface area contributed by atoms with Crippen molar-refractivity contribution in [1.82, 2.24) is 10.3 Å². The number of hydrogen-bond acceptors (Lipinski definition) is 7. The van der Waals surface area contributed by atoms with E-state index in [4.69, 9.17) is 16.3 Å². The van der Waals surface area contributed by atoms with E-state index in [0.29, 0.717) is 11.6 Å². The number of amides is 1. The van der Waals surface area contributed by atoms with Crippen molar-refractivity contribution in [3.8, 4) is 10.6 Å². The van der Waals surface area contributed by atoms with Crippen molar-refractivity contribution in [3.63, 3.8) is 0 Å². The Hall–Kier alpha value is -3.30. The molecule has 10 heteroatoms. The number of nitro groups is 1. The van der Waals surface area contributed by atoms with Crippen molar-refractivity contribution >= 4 is 40.5 Å². The minimum atomic E-state index is -0.686. The number of carbonyl (C=O) groups is 2. The first-order valence-corrected chi connectivity index (χ1v) is 10.9. The summed E-state index contributed by atoms with van der Waals surface area (Å²) in [6.07, 6.45) is 0. The lowest BCUT2D eigenvalue weighted by Gasteiger charge is -2.06. The molecular weight excluding hydrogens is 454 g/mol. The zero-order chi connectivity index (χ0) is 23.3. The fourth-order valence-corrected chi connectivity index (χ4v) is 3.77. The van der Waals surface area contributed by atoms with Crippen LogP contribution in [-0.2, 0) is 16.1 Å². The average molecular weight is 474 g/mol. The van der Waals surface area contributed by atoms with E-state index in [1.54, 1.807) is 0 Å². The number of nitrogens with zero attached hydrogens (tertiary/aromatic N) is 2. The minimum absolute atomic E-state index is 0.0153. The van der Waals surface area contributed by atoms with Gasteiger partial charge in [0.05, 0.1) is 10.6 Å². The molecule has 0 atom stereocenters. The van der Waals surface area contributed by atoms with E-state index in [-0.39, 0.29) is 29.4 Å². The van der Waals surface area contributed by atoms with Crippen molar-refractivity contribution in [2.75, 3.05) is 6.54 Å². The number of esters is 1. The minimum Gasteiger partial charge on any atom is -0.458 e. The van der Waals surface area contributed by atoms with Crippen molar-refractivity contribution in [3.05, 3.63) is 79.8 Å². The van der Waals surface area contributed by atoms with Crippen LogP contribution in [0.25, 0.3) is 10.6 Å². The van der Waals surface area contributed by atoms with Crippen molar-refractivity contribution in [2.45, 2.75) is 26.4 Å². The van der Waals surface area contributed by atoms with Crippen molar-refractivity contribution in [1.29, 1.82) is 0 Å². The van der Waals surface area contributed by atoms with Crippen LogP contribution in [0.1, 0.15) is 41.4 Å². The second-order valence-electron chi connectivity index (χ2n) is 7.19. The van der Waals surface area contributed by atoms with Crippen LogP contribution in [0.15, 0.2) is 47.8 Å². The van der Waals surface area contributed by atoms with Crippen LogP contribution >= 0.6 is 22.9 Å². The molecule has 3 rings (SSSR count). The third-order valence-electron chi connectivity index (χ3n) is 4.56. The number of aromatic nitrogens is 1. The number of rotatable bonds is 8. The first-order valence-electron chi connectivity index (χ1n) is 9.67. The van der Waals surface area contributed by atoms with Gasteiger partial charge < -0.3 is 10.1 Å². The van der Waals surface area contributed by atoms with Gasteiger partial charge in [-0.3, -0.25) is 19.7 Å². The highest BCUT2D eigenvalue weighted by atomic mass is 35.5. The Balaban J connectivity index is 1.51. The Kier molecular flexibility index (Phi) is 7.55. The first kappa shape index (κ1) is 23.4. The van der Waals surface area contributed by atoms with E-state index < -0.39 is 16.8 Å². The first-order chi connectivity index (χ1) is 15.2. The van der Waals surface area contributed by atoms with Gasteiger partial charge in [-0.1, -0.05) is 49.7 Å². The molecule has 1 amide bonds. The van der Waals surface area contributed by atoms with Crippen molar-refractivity contribution in [2.24, 2.45) is 0 Å². The predicted octanol–water partition coefficient (Wildman–Crippen LogP) is 4.97. The van der Waals surface area contributed by atoms with Crippen molar-refractivity contribution < 1.29 is 19.2 Å². The molecule has 2 aromatic carbocycles. The normalized spacial score (nSPS) is 10.8. The Bertz CT molecular complexity index is 1140. The van der Waals surface area contributed by atoms with Gasteiger partial charge in [-0.15, -0.1) is 11.3 Å². The van der Waals surface area contributed by atoms with Crippen LogP contribution in [0.2, 0.25) is 5.02 Å². The summed E-state index contributed by atoms with van der Waals surface area (Å²) in [5.41, 5.74) is 2.46. The molecule has 0 aliphatic heterocycles. The van der Waals surface area contributed by atoms with Gasteiger partial charge in [0.2, 0.25) is 0 Å². The Morgan fingerprint density at radius 3 is 2.59 bits per heavy atom. The van der Waals surface area contributed by atoms with E-state index in [1.165, 1.54) is 29.0 Å². The fraction of sp³-hybridized carbons (Fsp3) is 0.227. The summed E-state index contributed by atoms with van der Waals surface area (Å²) in [5, 5.41) is 15.8. The molecule has 1 heterocycles. The van der Waals surface area contributed by atoms with Gasteiger partial charge in [-0.25, -0.2) is 4.98 Å². The number of nitro benzene ring substituents is 1. The highest BCUT2D eigenvalue weighted by Gasteiger charge is 2.17. The Morgan fingerprint density at radius 1 is 1.22 bits per heavy atom. The number of ether oxygens (including phenoxy) is 1. The topological polar surface area (TPSA) is 111 Å². The molecule has 8 nitrogen and oxygen atoms in total. The second kappa shape index (κ2) is 10.3. The fourth-order valence-electron chi connectivity index (χ4n) is 2.77. The van der Waals surface area contributed by atoms with Gasteiger partial charge in [-0.05, 0) is 23.6 Å². The van der Waals surface area contributed by atoms with Gasteiger partial charge in [0, 0.05) is 22.6 Å². The molecule has 0 spiro atoms. The SMILES string of the molecule is CC(C)c1ccc(-c2nc(COC(=O)CNC(=O)c3ccc(Cl)c([N+](=O)[O-])c3)cs2)cc1. The maximum Gasteiger partial charge on any atom is 0.325 e. The number of hydrogen-bond donors (Lipinski definition) is 1. The molecule has 1 N–H and O–H groups in total. The Morgan fingerprint density at radius 2 is 1.94 bits per heavy atom. The molecule has 0 radical (unpaired) electrons. The standard InChI is InChI=1S/C22H20ClN3O5S/c1-13(2)14-3-5-15(6-4-14)22-25-17(12-32-22)11-31-20(27)10-24-21(28)16-7-8-18(23)19(9-16)26(29)30/h3-9,12-13H,10-11H2,1-2H3,(H,24,28). The molecule has 0 aliphatic carbocycles. The number of carbonyl (C=O) groups excluding carboxylic acids is 2. The molecule has 0 bridgehead atoms. The third-order valence-corrected chi connectivity index (χ3v) is 5.82. The molecule has 0 aliphatic rings. The van der Waals surface area contributed by atoms with E-state index in [0.717, 1.165) is 16.6 Å². The number of benzene rings is 2. The monoisotopic (exact) mass is 473 g/mol. The van der Waals surface area contributed by atoms with Gasteiger partial charge in [0.15, 0.2) is 0 Å². The summed E-state index contributed by atoms with van der Waals surface area (Å²) in [6.45, 7) is 3.85. The lowest BCUT2D eigenvalue weighted by molar-refractivity contribution is -0.384. The maximum absolute atomic E-state index is 12.1. The lowest BCUT2D eigenvalue weighted by Crippen LogP contribution is -2.30. The quantitative estimate of drug-likeness (QED) is 0.281. The smallest absolute Gasteiger partial charge is 0.325 e. The molecule has 0 fully saturated rings. The molecule has 3 aromatic rings. The average Bonchev–Trinajstić information content (AvgIpc) is 3.25. The summed E-state index contributed by atoms with van der Waals surface area (Å²) in [5.74, 6) is -0.856. The number of halogens is 1. The Labute approximate surface area is 193 Å². The molecule has 1 aromatic heterocycles. The molecular formula is C22H20ClN3O5S. The van der Waals surface area contributed by atoms with Crippen LogP contribution in [0.4, 0.5) is 5.69 Å². The maximum atomic E-state index is 12.1. The summed E-state index contributed by atoms with van der Waals surface area (Å²) in [7, 11) is 0. The summed E-state index contributed by atoms with van der Waals surface area (Å²) >= 11 is 7.18. The van der Waals surface area contributed by atoms with Crippen LogP contribution in [0.5, 0.6) is 0 Å². The van der Waals surface area contributed by atoms with E-state index in [9.17, 15) is 19.7 Å². The third kappa shape index (κ3) is 5.89. The number of thiazole rings is 1. The van der Waals surface area contributed by atoms with Gasteiger partial charge in [0.1, 0.15) is 23.2 Å². The number of nitrogens with one attached hydrogen (secondary N) is 1. The molecule has 0 saturated heterocycles. The van der Waals surface area contributed by atoms with Gasteiger partial charge in [0.25, 0.3) is 11.6 Å². The van der Waals surface area contributed by atoms with Crippen LogP contribution in [0, 0.1) is 10.1 Å². The van der Waals surface area contributed by atoms with Gasteiger partial charge >= 0.3 is 5.97 Å². The highest BCUT2D eigenvalue weighted by Crippen LogP contribution is 2.26. The highest BCUT2D eigenvalue weighted by molar-refractivity contribution is 7.13. The van der Waals surface area contributed by atoms with Crippen LogP contribution < -0.4 is 5.32 Å². The molecule has 32 heavy (non-hydrogen) atoms. The van der Waals surface area contributed by atoms with E-state index in [2.05, 4.69) is 36.3 Å². The molecule has 0 saturated carbocycles. The summed E-state index contributed by atoms with van der Waals surface area (Å²) in [4.78, 5) is 38.8. The predicted molar refractivity (Wildman–Crippen MR) is 122 cm³/mol. The van der Waals surface area contributed by atoms with Crippen LogP contribution in [-0.4, -0.2) is 28.3 Å². The van der Waals surface area contributed by atoms with E-state index in [1.807, 2.05) is 17.5 Å².